The first kappa shape index (κ1) is 15.1. The third-order valence-corrected chi connectivity index (χ3v) is 2.72. The van der Waals surface area contributed by atoms with Crippen molar-refractivity contribution in [1.82, 2.24) is 5.32 Å². The van der Waals surface area contributed by atoms with Crippen molar-refractivity contribution in [2.45, 2.75) is 32.6 Å². The lowest BCUT2D eigenvalue weighted by atomic mass is 10.1. The zero-order chi connectivity index (χ0) is 14.1. The van der Waals surface area contributed by atoms with Gasteiger partial charge in [-0.1, -0.05) is 25.1 Å². The molecular formula is C15H21NO3. The lowest BCUT2D eigenvalue weighted by Gasteiger charge is -2.05. The Labute approximate surface area is 113 Å². The second-order valence-electron chi connectivity index (χ2n) is 4.34. The lowest BCUT2D eigenvalue weighted by Crippen LogP contribution is -2.25. The molecule has 1 aromatic carbocycles. The second-order valence-corrected chi connectivity index (χ2v) is 4.34. The van der Waals surface area contributed by atoms with Gasteiger partial charge in [-0.2, -0.15) is 0 Å². The van der Waals surface area contributed by atoms with Crippen molar-refractivity contribution in [2.75, 3.05) is 6.54 Å². The molecule has 4 heteroatoms. The maximum Gasteiger partial charge on any atom is 0.220 e. The van der Waals surface area contributed by atoms with Crippen LogP contribution in [0, 0.1) is 0 Å². The van der Waals surface area contributed by atoms with Crippen LogP contribution in [-0.2, 0) is 11.2 Å². The van der Waals surface area contributed by atoms with E-state index in [0.717, 1.165) is 18.4 Å². The highest BCUT2D eigenvalue weighted by molar-refractivity contribution is 5.75. The van der Waals surface area contributed by atoms with Crippen LogP contribution in [0.2, 0.25) is 0 Å². The predicted molar refractivity (Wildman–Crippen MR) is 75.2 cm³/mol. The van der Waals surface area contributed by atoms with E-state index in [-0.39, 0.29) is 17.4 Å². The quantitative estimate of drug-likeness (QED) is 0.523. The van der Waals surface area contributed by atoms with Crippen LogP contribution in [0.5, 0.6) is 11.5 Å². The van der Waals surface area contributed by atoms with Crippen molar-refractivity contribution in [1.29, 1.82) is 0 Å². The van der Waals surface area contributed by atoms with E-state index in [2.05, 4.69) is 12.2 Å². The molecule has 0 aliphatic carbocycles. The number of rotatable bonds is 7. The van der Waals surface area contributed by atoms with Crippen molar-refractivity contribution < 1.29 is 15.0 Å². The summed E-state index contributed by atoms with van der Waals surface area (Å²) >= 11 is 0. The minimum Gasteiger partial charge on any atom is -0.504 e. The number of hydrogen-bond acceptors (Lipinski definition) is 3. The molecule has 4 nitrogen and oxygen atoms in total. The fourth-order valence-electron chi connectivity index (χ4n) is 1.66. The SMILES string of the molecule is CCC=CCCC(=O)NCCc1ccc(O)c(O)c1. The minimum absolute atomic E-state index is 0.0313. The molecule has 0 atom stereocenters. The van der Waals surface area contributed by atoms with Gasteiger partial charge in [0.15, 0.2) is 11.5 Å². The molecule has 0 radical (unpaired) electrons. The smallest absolute Gasteiger partial charge is 0.220 e. The summed E-state index contributed by atoms with van der Waals surface area (Å²) in [6.07, 6.45) is 6.94. The molecule has 0 spiro atoms. The van der Waals surface area contributed by atoms with Gasteiger partial charge in [0.25, 0.3) is 0 Å². The molecule has 0 bridgehead atoms. The number of phenolic OH excluding ortho intramolecular Hbond substituents is 2. The molecular weight excluding hydrogens is 242 g/mol. The number of benzene rings is 1. The van der Waals surface area contributed by atoms with Gasteiger partial charge in [0.1, 0.15) is 0 Å². The first-order valence-corrected chi connectivity index (χ1v) is 6.56. The molecule has 0 aliphatic rings. The van der Waals surface area contributed by atoms with E-state index in [1.54, 1.807) is 6.07 Å². The highest BCUT2D eigenvalue weighted by Gasteiger charge is 2.02. The number of carbonyl (C=O) groups is 1. The molecule has 0 aliphatic heterocycles. The monoisotopic (exact) mass is 263 g/mol. The minimum atomic E-state index is -0.131. The maximum absolute atomic E-state index is 11.5. The van der Waals surface area contributed by atoms with E-state index in [0.29, 0.717) is 19.4 Å². The molecule has 1 rings (SSSR count). The van der Waals surface area contributed by atoms with Crippen molar-refractivity contribution in [3.63, 3.8) is 0 Å². The number of amides is 1. The van der Waals surface area contributed by atoms with E-state index in [1.165, 1.54) is 12.1 Å². The summed E-state index contributed by atoms with van der Waals surface area (Å²) in [4.78, 5) is 11.5. The Hall–Kier alpha value is -1.97. The summed E-state index contributed by atoms with van der Waals surface area (Å²) < 4.78 is 0. The maximum atomic E-state index is 11.5. The molecule has 0 fully saturated rings. The van der Waals surface area contributed by atoms with Gasteiger partial charge < -0.3 is 15.5 Å². The molecule has 1 aromatic rings. The summed E-state index contributed by atoms with van der Waals surface area (Å²) in [5.41, 5.74) is 0.876. The molecule has 104 valence electrons. The Morgan fingerprint density at radius 2 is 2.05 bits per heavy atom. The standard InChI is InChI=1S/C15H21NO3/c1-2-3-4-5-6-15(19)16-10-9-12-7-8-13(17)14(18)11-12/h3-4,7-8,11,17-18H,2,5-6,9-10H2,1H3,(H,16,19). The number of aromatic hydroxyl groups is 2. The number of allylic oxidation sites excluding steroid dienone is 2. The van der Waals surface area contributed by atoms with E-state index in [9.17, 15) is 15.0 Å². The predicted octanol–water partition coefficient (Wildman–Crippen LogP) is 2.50. The largest absolute Gasteiger partial charge is 0.504 e. The van der Waals surface area contributed by atoms with Gasteiger partial charge in [-0.15, -0.1) is 0 Å². The molecule has 0 unspecified atom stereocenters. The normalized spacial score (nSPS) is 10.8. The van der Waals surface area contributed by atoms with Gasteiger partial charge in [-0.05, 0) is 37.0 Å². The van der Waals surface area contributed by atoms with E-state index >= 15 is 0 Å². The third kappa shape index (κ3) is 5.95. The van der Waals surface area contributed by atoms with Gasteiger partial charge in [-0.3, -0.25) is 4.79 Å². The summed E-state index contributed by atoms with van der Waals surface area (Å²) in [5.74, 6) is -0.229. The summed E-state index contributed by atoms with van der Waals surface area (Å²) in [6.45, 7) is 2.59. The Bertz CT molecular complexity index is 441. The molecule has 19 heavy (non-hydrogen) atoms. The van der Waals surface area contributed by atoms with Gasteiger partial charge in [-0.25, -0.2) is 0 Å². The highest BCUT2D eigenvalue weighted by Crippen LogP contribution is 2.24. The van der Waals surface area contributed by atoms with Crippen LogP contribution in [0.3, 0.4) is 0 Å². The summed E-state index contributed by atoms with van der Waals surface area (Å²) in [7, 11) is 0. The fraction of sp³-hybridized carbons (Fsp3) is 0.400. The van der Waals surface area contributed by atoms with E-state index in [4.69, 9.17) is 0 Å². The van der Waals surface area contributed by atoms with Crippen molar-refractivity contribution in [2.24, 2.45) is 0 Å². The van der Waals surface area contributed by atoms with E-state index in [1.807, 2.05) is 12.2 Å². The lowest BCUT2D eigenvalue weighted by molar-refractivity contribution is -0.120. The second kappa shape index (κ2) is 8.19. The van der Waals surface area contributed by atoms with E-state index < -0.39 is 0 Å². The Morgan fingerprint density at radius 1 is 1.26 bits per heavy atom. The van der Waals surface area contributed by atoms with Crippen molar-refractivity contribution in [3.8, 4) is 11.5 Å². The Kier molecular flexibility index (Phi) is 6.50. The summed E-state index contributed by atoms with van der Waals surface area (Å²) in [5, 5.41) is 21.3. The molecule has 3 N–H and O–H groups in total. The number of carbonyl (C=O) groups excluding carboxylic acids is 1. The van der Waals surface area contributed by atoms with Crippen LogP contribution in [0.15, 0.2) is 30.4 Å². The van der Waals surface area contributed by atoms with Crippen molar-refractivity contribution >= 4 is 5.91 Å². The van der Waals surface area contributed by atoms with Gasteiger partial charge in [0.05, 0.1) is 0 Å². The van der Waals surface area contributed by atoms with Crippen LogP contribution < -0.4 is 5.32 Å². The van der Waals surface area contributed by atoms with Crippen molar-refractivity contribution in [3.05, 3.63) is 35.9 Å². The first-order valence-electron chi connectivity index (χ1n) is 6.56. The number of nitrogens with one attached hydrogen (secondary N) is 1. The Balaban J connectivity index is 2.24. The molecule has 0 saturated carbocycles. The van der Waals surface area contributed by atoms with Crippen LogP contribution in [0.1, 0.15) is 31.7 Å². The molecule has 0 saturated heterocycles. The van der Waals surface area contributed by atoms with Gasteiger partial charge in [0.2, 0.25) is 5.91 Å². The third-order valence-electron chi connectivity index (χ3n) is 2.72. The van der Waals surface area contributed by atoms with Crippen LogP contribution in [0.4, 0.5) is 0 Å². The average molecular weight is 263 g/mol. The topological polar surface area (TPSA) is 69.6 Å². The zero-order valence-electron chi connectivity index (χ0n) is 11.2. The van der Waals surface area contributed by atoms with Crippen LogP contribution in [-0.4, -0.2) is 22.7 Å². The zero-order valence-corrected chi connectivity index (χ0v) is 11.2. The number of phenols is 2. The molecule has 0 heterocycles. The van der Waals surface area contributed by atoms with Crippen LogP contribution >= 0.6 is 0 Å². The molecule has 1 amide bonds. The summed E-state index contributed by atoms with van der Waals surface area (Å²) in [6, 6.07) is 4.68. The van der Waals surface area contributed by atoms with Gasteiger partial charge in [0, 0.05) is 13.0 Å². The van der Waals surface area contributed by atoms with Crippen LogP contribution in [0.25, 0.3) is 0 Å². The average Bonchev–Trinajstić information content (AvgIpc) is 2.39. The fourth-order valence-corrected chi connectivity index (χ4v) is 1.66. The molecule has 0 aromatic heterocycles. The first-order chi connectivity index (χ1) is 9.13. The number of hydrogen-bond donors (Lipinski definition) is 3. The Morgan fingerprint density at radius 3 is 2.74 bits per heavy atom. The van der Waals surface area contributed by atoms with Gasteiger partial charge >= 0.3 is 0 Å². The highest BCUT2D eigenvalue weighted by atomic mass is 16.3.